The fourth-order valence-corrected chi connectivity index (χ4v) is 3.62. The summed E-state index contributed by atoms with van der Waals surface area (Å²) in [6.07, 6.45) is -0.327. The van der Waals surface area contributed by atoms with Crippen LogP contribution in [0.1, 0.15) is 29.5 Å². The summed E-state index contributed by atoms with van der Waals surface area (Å²) in [5, 5.41) is 2.62. The molecule has 1 amide bonds. The number of amides is 1. The SMILES string of the molecule is O=C(Cn1cccc(C(F)(F)F)c1=O)N1CCCC1c1nccs1. The van der Waals surface area contributed by atoms with Crippen LogP contribution in [0, 0.1) is 0 Å². The number of alkyl halides is 3. The van der Waals surface area contributed by atoms with Gasteiger partial charge in [0, 0.05) is 24.3 Å². The largest absolute Gasteiger partial charge is 0.421 e. The normalized spacial score (nSPS) is 18.1. The van der Waals surface area contributed by atoms with Crippen LogP contribution in [0.4, 0.5) is 13.2 Å². The van der Waals surface area contributed by atoms with E-state index in [9.17, 15) is 22.8 Å². The molecule has 1 atom stereocenters. The zero-order chi connectivity index (χ0) is 17.3. The molecule has 0 aromatic carbocycles. The van der Waals surface area contributed by atoms with Crippen LogP contribution in [0.3, 0.4) is 0 Å². The minimum absolute atomic E-state index is 0.168. The molecule has 24 heavy (non-hydrogen) atoms. The van der Waals surface area contributed by atoms with Crippen LogP contribution in [0.15, 0.2) is 34.7 Å². The van der Waals surface area contributed by atoms with E-state index in [1.54, 1.807) is 11.1 Å². The highest BCUT2D eigenvalue weighted by molar-refractivity contribution is 7.09. The second kappa shape index (κ2) is 6.39. The average Bonchev–Trinajstić information content (AvgIpc) is 3.18. The fraction of sp³-hybridized carbons (Fsp3) is 0.400. The summed E-state index contributed by atoms with van der Waals surface area (Å²) in [7, 11) is 0. The van der Waals surface area contributed by atoms with Gasteiger partial charge in [-0.2, -0.15) is 13.2 Å². The number of rotatable bonds is 3. The highest BCUT2D eigenvalue weighted by Gasteiger charge is 2.35. The molecule has 0 N–H and O–H groups in total. The molecule has 0 spiro atoms. The van der Waals surface area contributed by atoms with Gasteiger partial charge in [0.1, 0.15) is 17.1 Å². The van der Waals surface area contributed by atoms with E-state index in [1.807, 2.05) is 5.38 Å². The topological polar surface area (TPSA) is 55.2 Å². The minimum Gasteiger partial charge on any atom is -0.332 e. The first-order valence-corrected chi connectivity index (χ1v) is 8.21. The van der Waals surface area contributed by atoms with Crippen molar-refractivity contribution in [2.45, 2.75) is 31.6 Å². The molecule has 0 radical (unpaired) electrons. The Morgan fingerprint density at radius 2 is 2.21 bits per heavy atom. The minimum atomic E-state index is -4.74. The van der Waals surface area contributed by atoms with E-state index in [4.69, 9.17) is 0 Å². The van der Waals surface area contributed by atoms with E-state index in [1.165, 1.54) is 17.5 Å². The number of pyridine rings is 1. The summed E-state index contributed by atoms with van der Waals surface area (Å²) in [5.41, 5.74) is -2.47. The number of halogens is 3. The molecular weight excluding hydrogens is 343 g/mol. The zero-order valence-corrected chi connectivity index (χ0v) is 13.3. The molecular formula is C15H14F3N3O2S. The summed E-state index contributed by atoms with van der Waals surface area (Å²) in [4.78, 5) is 30.2. The molecule has 3 heterocycles. The molecule has 3 rings (SSSR count). The van der Waals surface area contributed by atoms with E-state index in [0.29, 0.717) is 6.54 Å². The van der Waals surface area contributed by atoms with Crippen molar-refractivity contribution in [3.05, 3.63) is 50.8 Å². The lowest BCUT2D eigenvalue weighted by Gasteiger charge is -2.23. The second-order valence-electron chi connectivity index (χ2n) is 5.47. The summed E-state index contributed by atoms with van der Waals surface area (Å²) < 4.78 is 39.2. The van der Waals surface area contributed by atoms with E-state index < -0.39 is 23.8 Å². The van der Waals surface area contributed by atoms with E-state index >= 15 is 0 Å². The fourth-order valence-electron chi connectivity index (χ4n) is 2.83. The van der Waals surface area contributed by atoms with Crippen molar-refractivity contribution in [3.63, 3.8) is 0 Å². The number of aromatic nitrogens is 2. The molecule has 128 valence electrons. The molecule has 1 saturated heterocycles. The van der Waals surface area contributed by atoms with Gasteiger partial charge >= 0.3 is 6.18 Å². The molecule has 1 unspecified atom stereocenters. The number of nitrogens with zero attached hydrogens (tertiary/aromatic N) is 3. The van der Waals surface area contributed by atoms with Gasteiger partial charge in [0.15, 0.2) is 0 Å². The third kappa shape index (κ3) is 3.21. The molecule has 2 aromatic heterocycles. The van der Waals surface area contributed by atoms with Gasteiger partial charge in [-0.05, 0) is 25.0 Å². The standard InChI is InChI=1S/C15H14F3N3O2S/c16-15(17,18)10-3-1-6-20(14(10)23)9-12(22)21-7-2-4-11(21)13-19-5-8-24-13/h1,3,5-6,8,11H,2,4,7,9H2. The Labute approximate surface area is 139 Å². The number of carbonyl (C=O) groups is 1. The Morgan fingerprint density at radius 3 is 2.88 bits per heavy atom. The van der Waals surface area contributed by atoms with Crippen molar-refractivity contribution in [3.8, 4) is 0 Å². The molecule has 9 heteroatoms. The maximum atomic E-state index is 12.8. The van der Waals surface area contributed by atoms with Gasteiger partial charge in [0.25, 0.3) is 5.56 Å². The van der Waals surface area contributed by atoms with Gasteiger partial charge in [-0.15, -0.1) is 11.3 Å². The number of hydrogen-bond donors (Lipinski definition) is 0. The van der Waals surface area contributed by atoms with Crippen molar-refractivity contribution < 1.29 is 18.0 Å². The van der Waals surface area contributed by atoms with Crippen molar-refractivity contribution in [2.75, 3.05) is 6.54 Å². The molecule has 0 bridgehead atoms. The third-order valence-electron chi connectivity index (χ3n) is 3.94. The van der Waals surface area contributed by atoms with E-state index in [2.05, 4.69) is 4.98 Å². The van der Waals surface area contributed by atoms with Gasteiger partial charge in [0.2, 0.25) is 5.91 Å². The Morgan fingerprint density at radius 1 is 1.42 bits per heavy atom. The Kier molecular flexibility index (Phi) is 4.44. The van der Waals surface area contributed by atoms with Crippen molar-refractivity contribution in [2.24, 2.45) is 0 Å². The van der Waals surface area contributed by atoms with Crippen molar-refractivity contribution >= 4 is 17.2 Å². The summed E-state index contributed by atoms with van der Waals surface area (Å²) in [6.45, 7) is 0.0986. The quantitative estimate of drug-likeness (QED) is 0.849. The van der Waals surface area contributed by atoms with Crippen LogP contribution in [0.5, 0.6) is 0 Å². The Balaban J connectivity index is 1.82. The van der Waals surface area contributed by atoms with Crippen LogP contribution in [0.25, 0.3) is 0 Å². The summed E-state index contributed by atoms with van der Waals surface area (Å²) in [5.74, 6) is -0.380. The number of likely N-dealkylation sites (tertiary alicyclic amines) is 1. The first-order chi connectivity index (χ1) is 11.4. The summed E-state index contributed by atoms with van der Waals surface area (Å²) in [6, 6.07) is 1.68. The molecule has 1 aliphatic heterocycles. The maximum Gasteiger partial charge on any atom is 0.421 e. The molecule has 1 fully saturated rings. The van der Waals surface area contributed by atoms with Crippen LogP contribution in [0.2, 0.25) is 0 Å². The zero-order valence-electron chi connectivity index (χ0n) is 12.5. The van der Waals surface area contributed by atoms with Crippen LogP contribution >= 0.6 is 11.3 Å². The summed E-state index contributed by atoms with van der Waals surface area (Å²) >= 11 is 1.43. The number of carbonyl (C=O) groups excluding carboxylic acids is 1. The Bertz CT molecular complexity index is 786. The predicted octanol–water partition coefficient (Wildman–Crippen LogP) is 2.69. The molecule has 1 aliphatic rings. The molecule has 0 aliphatic carbocycles. The maximum absolute atomic E-state index is 12.8. The number of hydrogen-bond acceptors (Lipinski definition) is 4. The van der Waals surface area contributed by atoms with Gasteiger partial charge in [0.05, 0.1) is 6.04 Å². The number of thiazole rings is 1. The lowest BCUT2D eigenvalue weighted by Crippen LogP contribution is -2.37. The van der Waals surface area contributed by atoms with Crippen molar-refractivity contribution in [1.82, 2.24) is 14.5 Å². The second-order valence-corrected chi connectivity index (χ2v) is 6.39. The highest BCUT2D eigenvalue weighted by atomic mass is 32.1. The van der Waals surface area contributed by atoms with Gasteiger partial charge in [-0.1, -0.05) is 0 Å². The third-order valence-corrected chi connectivity index (χ3v) is 4.82. The molecule has 2 aromatic rings. The van der Waals surface area contributed by atoms with E-state index in [0.717, 1.165) is 34.5 Å². The van der Waals surface area contributed by atoms with Crippen LogP contribution in [-0.4, -0.2) is 26.9 Å². The first kappa shape index (κ1) is 16.7. The van der Waals surface area contributed by atoms with E-state index in [-0.39, 0.29) is 11.9 Å². The van der Waals surface area contributed by atoms with Crippen LogP contribution < -0.4 is 5.56 Å². The molecule has 5 nitrogen and oxygen atoms in total. The van der Waals surface area contributed by atoms with Gasteiger partial charge in [-0.3, -0.25) is 9.59 Å². The van der Waals surface area contributed by atoms with Gasteiger partial charge in [-0.25, -0.2) is 4.98 Å². The predicted molar refractivity (Wildman–Crippen MR) is 81.5 cm³/mol. The lowest BCUT2D eigenvalue weighted by atomic mass is 10.2. The Hall–Kier alpha value is -2.16. The first-order valence-electron chi connectivity index (χ1n) is 7.33. The lowest BCUT2D eigenvalue weighted by molar-refractivity contribution is -0.139. The monoisotopic (exact) mass is 357 g/mol. The van der Waals surface area contributed by atoms with Gasteiger partial charge < -0.3 is 9.47 Å². The van der Waals surface area contributed by atoms with Crippen molar-refractivity contribution in [1.29, 1.82) is 0 Å². The average molecular weight is 357 g/mol. The van der Waals surface area contributed by atoms with Crippen LogP contribution in [-0.2, 0) is 17.5 Å². The molecule has 0 saturated carbocycles. The smallest absolute Gasteiger partial charge is 0.332 e. The highest BCUT2D eigenvalue weighted by Crippen LogP contribution is 2.33.